The lowest BCUT2D eigenvalue weighted by Crippen LogP contribution is -2.46. The Morgan fingerprint density at radius 1 is 1.25 bits per heavy atom. The quantitative estimate of drug-likeness (QED) is 0.878. The summed E-state index contributed by atoms with van der Waals surface area (Å²) in [7, 11) is 0. The molecule has 108 valence electrons. The zero-order valence-electron chi connectivity index (χ0n) is 10.7. The molecule has 2 rings (SSSR count). The zero-order valence-corrected chi connectivity index (χ0v) is 12.2. The lowest BCUT2D eigenvalue weighted by atomic mass is 9.84. The molecule has 0 heterocycles. The number of carboxylic acid groups (broad SMARTS) is 1. The van der Waals surface area contributed by atoms with Gasteiger partial charge < -0.3 is 10.4 Å². The van der Waals surface area contributed by atoms with E-state index < -0.39 is 12.0 Å². The first-order valence-corrected chi connectivity index (χ1v) is 7.19. The van der Waals surface area contributed by atoms with Crippen molar-refractivity contribution in [1.29, 1.82) is 0 Å². The second kappa shape index (κ2) is 6.46. The van der Waals surface area contributed by atoms with E-state index >= 15 is 0 Å². The fraction of sp³-hybridized carbons (Fsp3) is 0.429. The van der Waals surface area contributed by atoms with Crippen molar-refractivity contribution in [3.05, 3.63) is 33.8 Å². The number of hydrogen-bond donors (Lipinski definition) is 2. The van der Waals surface area contributed by atoms with Crippen LogP contribution in [-0.2, 0) is 16.0 Å². The van der Waals surface area contributed by atoms with Crippen LogP contribution in [0.1, 0.15) is 24.8 Å². The molecule has 1 unspecified atom stereocenters. The van der Waals surface area contributed by atoms with Crippen molar-refractivity contribution in [3.8, 4) is 0 Å². The van der Waals surface area contributed by atoms with Gasteiger partial charge in [0.2, 0.25) is 5.91 Å². The number of benzene rings is 1. The molecular formula is C14H15Cl2NO3. The molecule has 1 aromatic carbocycles. The normalized spacial score (nSPS) is 16.3. The fourth-order valence-electron chi connectivity index (χ4n) is 2.12. The van der Waals surface area contributed by atoms with Crippen LogP contribution in [0.25, 0.3) is 0 Å². The summed E-state index contributed by atoms with van der Waals surface area (Å²) in [5, 5.41) is 12.7. The molecule has 0 bridgehead atoms. The lowest BCUT2D eigenvalue weighted by Gasteiger charge is -2.26. The minimum atomic E-state index is -1.06. The Labute approximate surface area is 127 Å². The van der Waals surface area contributed by atoms with Gasteiger partial charge in [-0.25, -0.2) is 4.79 Å². The lowest BCUT2D eigenvalue weighted by molar-refractivity contribution is -0.143. The molecule has 0 aromatic heterocycles. The van der Waals surface area contributed by atoms with Crippen LogP contribution in [0.2, 0.25) is 10.0 Å². The van der Waals surface area contributed by atoms with Crippen LogP contribution in [0.5, 0.6) is 0 Å². The number of carbonyl (C=O) groups excluding carboxylic acids is 1. The summed E-state index contributed by atoms with van der Waals surface area (Å²) in [6.45, 7) is 0. The van der Waals surface area contributed by atoms with Crippen LogP contribution in [-0.4, -0.2) is 23.0 Å². The SMILES string of the molecule is O=C(NC(Cc1cc(Cl)cc(Cl)c1)C(=O)O)C1CCC1. The van der Waals surface area contributed by atoms with Crippen molar-refractivity contribution in [3.63, 3.8) is 0 Å². The summed E-state index contributed by atoms with van der Waals surface area (Å²) in [5.74, 6) is -1.29. The van der Waals surface area contributed by atoms with E-state index in [-0.39, 0.29) is 18.2 Å². The van der Waals surface area contributed by atoms with Gasteiger partial charge in [0.15, 0.2) is 0 Å². The predicted octanol–water partition coefficient (Wildman–Crippen LogP) is 2.91. The second-order valence-corrected chi connectivity index (χ2v) is 5.88. The van der Waals surface area contributed by atoms with E-state index in [4.69, 9.17) is 23.2 Å². The van der Waals surface area contributed by atoms with Crippen molar-refractivity contribution >= 4 is 35.1 Å². The molecule has 20 heavy (non-hydrogen) atoms. The van der Waals surface area contributed by atoms with Crippen LogP contribution in [0, 0.1) is 5.92 Å². The van der Waals surface area contributed by atoms with Gasteiger partial charge in [-0.05, 0) is 36.6 Å². The second-order valence-electron chi connectivity index (χ2n) is 5.01. The molecule has 1 aliphatic rings. The summed E-state index contributed by atoms with van der Waals surface area (Å²) in [4.78, 5) is 23.1. The van der Waals surface area contributed by atoms with E-state index in [0.29, 0.717) is 15.6 Å². The summed E-state index contributed by atoms with van der Waals surface area (Å²) in [6.07, 6.45) is 2.86. The van der Waals surface area contributed by atoms with Gasteiger partial charge >= 0.3 is 5.97 Å². The number of hydrogen-bond acceptors (Lipinski definition) is 2. The maximum atomic E-state index is 11.8. The maximum Gasteiger partial charge on any atom is 0.326 e. The van der Waals surface area contributed by atoms with E-state index in [9.17, 15) is 14.7 Å². The van der Waals surface area contributed by atoms with Crippen LogP contribution in [0.4, 0.5) is 0 Å². The molecule has 1 aliphatic carbocycles. The molecule has 1 fully saturated rings. The smallest absolute Gasteiger partial charge is 0.326 e. The summed E-state index contributed by atoms with van der Waals surface area (Å²) < 4.78 is 0. The molecular weight excluding hydrogens is 301 g/mol. The third kappa shape index (κ3) is 3.87. The van der Waals surface area contributed by atoms with Gasteiger partial charge in [-0.3, -0.25) is 4.79 Å². The minimum Gasteiger partial charge on any atom is -0.480 e. The third-order valence-electron chi connectivity index (χ3n) is 3.45. The highest BCUT2D eigenvalue weighted by molar-refractivity contribution is 6.34. The van der Waals surface area contributed by atoms with E-state index in [0.717, 1.165) is 19.3 Å². The highest BCUT2D eigenvalue weighted by atomic mass is 35.5. The first-order chi connectivity index (χ1) is 9.45. The topological polar surface area (TPSA) is 66.4 Å². The molecule has 0 radical (unpaired) electrons. The molecule has 1 amide bonds. The Morgan fingerprint density at radius 3 is 2.30 bits per heavy atom. The van der Waals surface area contributed by atoms with Gasteiger partial charge in [0.05, 0.1) is 0 Å². The number of amides is 1. The number of rotatable bonds is 5. The Kier molecular flexibility index (Phi) is 4.89. The van der Waals surface area contributed by atoms with E-state index in [1.807, 2.05) is 0 Å². The van der Waals surface area contributed by atoms with Gasteiger partial charge in [0.25, 0.3) is 0 Å². The predicted molar refractivity (Wildman–Crippen MR) is 77.1 cm³/mol. The van der Waals surface area contributed by atoms with Gasteiger partial charge in [-0.15, -0.1) is 0 Å². The van der Waals surface area contributed by atoms with Crippen LogP contribution < -0.4 is 5.32 Å². The number of nitrogens with one attached hydrogen (secondary N) is 1. The standard InChI is InChI=1S/C14H15Cl2NO3/c15-10-4-8(5-11(16)7-10)6-12(14(19)20)17-13(18)9-2-1-3-9/h4-5,7,9,12H,1-3,6H2,(H,17,18)(H,19,20). The van der Waals surface area contributed by atoms with E-state index in [1.54, 1.807) is 18.2 Å². The van der Waals surface area contributed by atoms with E-state index in [1.165, 1.54) is 0 Å². The third-order valence-corrected chi connectivity index (χ3v) is 3.89. The first kappa shape index (κ1) is 15.1. The molecule has 6 heteroatoms. The Bertz CT molecular complexity index is 509. The number of aliphatic carboxylic acids is 1. The monoisotopic (exact) mass is 315 g/mol. The molecule has 4 nitrogen and oxygen atoms in total. The first-order valence-electron chi connectivity index (χ1n) is 6.44. The Balaban J connectivity index is 2.04. The van der Waals surface area contributed by atoms with Gasteiger partial charge in [0.1, 0.15) is 6.04 Å². The average molecular weight is 316 g/mol. The molecule has 2 N–H and O–H groups in total. The van der Waals surface area contributed by atoms with Crippen LogP contribution in [0.15, 0.2) is 18.2 Å². The largest absolute Gasteiger partial charge is 0.480 e. The minimum absolute atomic E-state index is 0.0419. The summed E-state index contributed by atoms with van der Waals surface area (Å²) in [6, 6.07) is 3.92. The summed E-state index contributed by atoms with van der Waals surface area (Å²) >= 11 is 11.8. The maximum absolute atomic E-state index is 11.8. The van der Waals surface area contributed by atoms with Gasteiger partial charge in [0, 0.05) is 22.4 Å². The zero-order chi connectivity index (χ0) is 14.7. The van der Waals surface area contributed by atoms with Gasteiger partial charge in [-0.1, -0.05) is 29.6 Å². The van der Waals surface area contributed by atoms with Gasteiger partial charge in [-0.2, -0.15) is 0 Å². The van der Waals surface area contributed by atoms with Crippen molar-refractivity contribution in [2.24, 2.45) is 5.92 Å². The van der Waals surface area contributed by atoms with Crippen molar-refractivity contribution in [2.45, 2.75) is 31.7 Å². The summed E-state index contributed by atoms with van der Waals surface area (Å²) in [5.41, 5.74) is 0.684. The number of halogens is 2. The highest BCUT2D eigenvalue weighted by Crippen LogP contribution is 2.26. The van der Waals surface area contributed by atoms with Crippen LogP contribution in [0.3, 0.4) is 0 Å². The molecule has 1 aromatic rings. The fourth-order valence-corrected chi connectivity index (χ4v) is 2.70. The molecule has 1 saturated carbocycles. The molecule has 0 saturated heterocycles. The number of carboxylic acids is 1. The highest BCUT2D eigenvalue weighted by Gasteiger charge is 2.29. The van der Waals surface area contributed by atoms with Crippen LogP contribution >= 0.6 is 23.2 Å². The number of carbonyl (C=O) groups is 2. The Hall–Kier alpha value is -1.26. The molecule has 1 atom stereocenters. The average Bonchev–Trinajstić information content (AvgIpc) is 2.23. The Morgan fingerprint density at radius 2 is 1.85 bits per heavy atom. The van der Waals surface area contributed by atoms with E-state index in [2.05, 4.69) is 5.32 Å². The van der Waals surface area contributed by atoms with Crippen molar-refractivity contribution in [2.75, 3.05) is 0 Å². The van der Waals surface area contributed by atoms with Crippen molar-refractivity contribution < 1.29 is 14.7 Å². The van der Waals surface area contributed by atoms with Crippen molar-refractivity contribution in [1.82, 2.24) is 5.32 Å². The molecule has 0 spiro atoms. The molecule has 0 aliphatic heterocycles.